The zero-order valence-corrected chi connectivity index (χ0v) is 10.5. The third-order valence-electron chi connectivity index (χ3n) is 2.22. The number of hydrogen-bond acceptors (Lipinski definition) is 3. The molecule has 1 atom stereocenters. The van der Waals surface area contributed by atoms with Crippen LogP contribution in [-0.2, 0) is 7.05 Å². The van der Waals surface area contributed by atoms with E-state index in [0.29, 0.717) is 6.54 Å². The van der Waals surface area contributed by atoms with Crippen molar-refractivity contribution < 1.29 is 0 Å². The summed E-state index contributed by atoms with van der Waals surface area (Å²) in [6, 6.07) is 0.0715. The van der Waals surface area contributed by atoms with Crippen LogP contribution in [0.15, 0.2) is 24.8 Å². The zero-order chi connectivity index (χ0) is 10.8. The van der Waals surface area contributed by atoms with Crippen LogP contribution in [0.25, 0.3) is 0 Å². The minimum atomic E-state index is 0.0715. The van der Waals surface area contributed by atoms with Gasteiger partial charge in [0, 0.05) is 31.5 Å². The van der Waals surface area contributed by atoms with E-state index in [1.165, 1.54) is 0 Å². The monoisotopic (exact) mass is 317 g/mol. The Kier molecular flexibility index (Phi) is 3.06. The molecule has 0 spiro atoms. The topological polar surface area (TPSA) is 61.7 Å². The van der Waals surface area contributed by atoms with E-state index in [1.54, 1.807) is 4.68 Å². The van der Waals surface area contributed by atoms with Crippen LogP contribution in [-0.4, -0.2) is 26.1 Å². The Labute approximate surface area is 101 Å². The van der Waals surface area contributed by atoms with Crippen LogP contribution in [0.3, 0.4) is 0 Å². The van der Waals surface area contributed by atoms with Gasteiger partial charge in [0.1, 0.15) is 0 Å². The standard InChI is InChI=1S/C9H12IN5/c1-14-5-7(3-12-14)9(2-11)15-6-8(10)4-13-15/h3-6,9H,2,11H2,1H3. The molecule has 0 bridgehead atoms. The smallest absolute Gasteiger partial charge is 0.0921 e. The molecule has 15 heavy (non-hydrogen) atoms. The Hall–Kier alpha value is -0.890. The molecule has 0 aliphatic heterocycles. The maximum Gasteiger partial charge on any atom is 0.0921 e. The van der Waals surface area contributed by atoms with Gasteiger partial charge in [0.05, 0.1) is 22.0 Å². The fourth-order valence-corrected chi connectivity index (χ4v) is 1.90. The Morgan fingerprint density at radius 2 is 2.20 bits per heavy atom. The van der Waals surface area contributed by atoms with Gasteiger partial charge in [0.2, 0.25) is 0 Å². The van der Waals surface area contributed by atoms with Crippen molar-refractivity contribution in [1.82, 2.24) is 19.6 Å². The Bertz CT molecular complexity index is 407. The van der Waals surface area contributed by atoms with Gasteiger partial charge in [-0.2, -0.15) is 10.2 Å². The highest BCUT2D eigenvalue weighted by atomic mass is 127. The summed E-state index contributed by atoms with van der Waals surface area (Å²) >= 11 is 2.23. The highest BCUT2D eigenvalue weighted by molar-refractivity contribution is 14.1. The Morgan fingerprint density at radius 1 is 1.40 bits per heavy atom. The molecule has 0 saturated carbocycles. The zero-order valence-electron chi connectivity index (χ0n) is 8.34. The fraction of sp³-hybridized carbons (Fsp3) is 0.333. The van der Waals surface area contributed by atoms with Crippen molar-refractivity contribution in [2.24, 2.45) is 12.8 Å². The van der Waals surface area contributed by atoms with Crippen LogP contribution in [0, 0.1) is 3.57 Å². The van der Waals surface area contributed by atoms with Gasteiger partial charge in [-0.3, -0.25) is 9.36 Å². The largest absolute Gasteiger partial charge is 0.328 e. The van der Waals surface area contributed by atoms with Crippen molar-refractivity contribution >= 4 is 22.6 Å². The number of hydrogen-bond donors (Lipinski definition) is 1. The van der Waals surface area contributed by atoms with Crippen molar-refractivity contribution in [1.29, 1.82) is 0 Å². The molecule has 0 saturated heterocycles. The molecule has 0 radical (unpaired) electrons. The molecular weight excluding hydrogens is 305 g/mol. The second-order valence-electron chi connectivity index (χ2n) is 3.34. The van der Waals surface area contributed by atoms with Crippen LogP contribution in [0.2, 0.25) is 0 Å². The normalized spacial score (nSPS) is 13.0. The van der Waals surface area contributed by atoms with Crippen LogP contribution in [0.4, 0.5) is 0 Å². The Balaban J connectivity index is 2.32. The molecule has 6 heteroatoms. The lowest BCUT2D eigenvalue weighted by molar-refractivity contribution is 0.531. The van der Waals surface area contributed by atoms with Crippen molar-refractivity contribution in [3.8, 4) is 0 Å². The predicted octanol–water partition coefficient (Wildman–Crippen LogP) is 0.769. The first-order valence-corrected chi connectivity index (χ1v) is 5.67. The van der Waals surface area contributed by atoms with E-state index in [4.69, 9.17) is 5.73 Å². The summed E-state index contributed by atoms with van der Waals surface area (Å²) in [6.07, 6.45) is 7.59. The second kappa shape index (κ2) is 4.31. The van der Waals surface area contributed by atoms with Gasteiger partial charge in [-0.15, -0.1) is 0 Å². The van der Waals surface area contributed by atoms with Crippen LogP contribution >= 0.6 is 22.6 Å². The highest BCUT2D eigenvalue weighted by Gasteiger charge is 2.14. The minimum absolute atomic E-state index is 0.0715. The van der Waals surface area contributed by atoms with Gasteiger partial charge in [0.25, 0.3) is 0 Å². The van der Waals surface area contributed by atoms with Crippen molar-refractivity contribution in [2.45, 2.75) is 6.04 Å². The summed E-state index contributed by atoms with van der Waals surface area (Å²) < 4.78 is 4.75. The van der Waals surface area contributed by atoms with E-state index in [9.17, 15) is 0 Å². The number of nitrogens with two attached hydrogens (primary N) is 1. The van der Waals surface area contributed by atoms with E-state index >= 15 is 0 Å². The summed E-state index contributed by atoms with van der Waals surface area (Å²) in [5.41, 5.74) is 6.84. The van der Waals surface area contributed by atoms with Gasteiger partial charge >= 0.3 is 0 Å². The van der Waals surface area contributed by atoms with Gasteiger partial charge < -0.3 is 5.73 Å². The predicted molar refractivity (Wildman–Crippen MR) is 65.3 cm³/mol. The van der Waals surface area contributed by atoms with Crippen molar-refractivity contribution in [3.05, 3.63) is 33.9 Å². The van der Waals surface area contributed by atoms with Crippen LogP contribution in [0.1, 0.15) is 11.6 Å². The third-order valence-corrected chi connectivity index (χ3v) is 2.78. The number of nitrogens with zero attached hydrogens (tertiary/aromatic N) is 4. The molecule has 0 aliphatic carbocycles. The van der Waals surface area contributed by atoms with Gasteiger partial charge in [-0.05, 0) is 22.6 Å². The molecule has 5 nitrogen and oxygen atoms in total. The molecule has 0 aromatic carbocycles. The molecule has 0 amide bonds. The first-order chi connectivity index (χ1) is 7.20. The summed E-state index contributed by atoms with van der Waals surface area (Å²) in [5.74, 6) is 0. The van der Waals surface area contributed by atoms with Gasteiger partial charge in [0.15, 0.2) is 0 Å². The number of halogens is 1. The maximum atomic E-state index is 5.76. The summed E-state index contributed by atoms with van der Waals surface area (Å²) in [4.78, 5) is 0. The average Bonchev–Trinajstić information content (AvgIpc) is 2.78. The summed E-state index contributed by atoms with van der Waals surface area (Å²) in [5, 5.41) is 8.40. The summed E-state index contributed by atoms with van der Waals surface area (Å²) in [7, 11) is 1.89. The third kappa shape index (κ3) is 2.20. The number of rotatable bonds is 3. The molecule has 0 fully saturated rings. The molecule has 2 aromatic rings. The van der Waals surface area contributed by atoms with Crippen LogP contribution < -0.4 is 5.73 Å². The number of aryl methyl sites for hydroxylation is 1. The van der Waals surface area contributed by atoms with Gasteiger partial charge in [-0.1, -0.05) is 0 Å². The minimum Gasteiger partial charge on any atom is -0.328 e. The molecule has 2 rings (SSSR count). The van der Waals surface area contributed by atoms with E-state index in [0.717, 1.165) is 9.13 Å². The first-order valence-electron chi connectivity index (χ1n) is 4.59. The molecule has 80 valence electrons. The molecular formula is C9H12IN5. The van der Waals surface area contributed by atoms with Gasteiger partial charge in [-0.25, -0.2) is 0 Å². The van der Waals surface area contributed by atoms with Crippen LogP contribution in [0.5, 0.6) is 0 Å². The molecule has 1 unspecified atom stereocenters. The maximum absolute atomic E-state index is 5.76. The molecule has 2 N–H and O–H groups in total. The van der Waals surface area contributed by atoms with E-state index in [1.807, 2.05) is 36.5 Å². The lowest BCUT2D eigenvalue weighted by atomic mass is 10.2. The lowest BCUT2D eigenvalue weighted by Gasteiger charge is -2.12. The lowest BCUT2D eigenvalue weighted by Crippen LogP contribution is -2.20. The van der Waals surface area contributed by atoms with Crippen molar-refractivity contribution in [2.75, 3.05) is 6.54 Å². The highest BCUT2D eigenvalue weighted by Crippen LogP contribution is 2.16. The summed E-state index contributed by atoms with van der Waals surface area (Å²) in [6.45, 7) is 0.517. The van der Waals surface area contributed by atoms with Crippen molar-refractivity contribution in [3.63, 3.8) is 0 Å². The second-order valence-corrected chi connectivity index (χ2v) is 4.58. The first kappa shape index (κ1) is 10.6. The molecule has 2 heterocycles. The quantitative estimate of drug-likeness (QED) is 0.851. The Morgan fingerprint density at radius 3 is 2.67 bits per heavy atom. The SMILES string of the molecule is Cn1cc(C(CN)n2cc(I)cn2)cn1. The number of aromatic nitrogens is 4. The molecule has 0 aliphatic rings. The molecule has 2 aromatic heterocycles. The fourth-order valence-electron chi connectivity index (χ4n) is 1.49. The average molecular weight is 317 g/mol. The van der Waals surface area contributed by atoms with E-state index in [2.05, 4.69) is 32.8 Å². The van der Waals surface area contributed by atoms with E-state index < -0.39 is 0 Å². The van der Waals surface area contributed by atoms with E-state index in [-0.39, 0.29) is 6.04 Å².